The van der Waals surface area contributed by atoms with E-state index in [-0.39, 0.29) is 5.82 Å². The molecule has 3 rings (SSSR count). The predicted octanol–water partition coefficient (Wildman–Crippen LogP) is 3.42. The Bertz CT molecular complexity index is 873. The van der Waals surface area contributed by atoms with Gasteiger partial charge in [0.05, 0.1) is 18.4 Å². The Morgan fingerprint density at radius 1 is 1.15 bits per heavy atom. The van der Waals surface area contributed by atoms with Crippen LogP contribution in [-0.4, -0.2) is 34.9 Å². The third-order valence-corrected chi connectivity index (χ3v) is 4.07. The molecule has 1 heterocycles. The van der Waals surface area contributed by atoms with Gasteiger partial charge < -0.3 is 15.2 Å². The van der Waals surface area contributed by atoms with Gasteiger partial charge in [0.15, 0.2) is 5.96 Å². The summed E-state index contributed by atoms with van der Waals surface area (Å²) in [7, 11) is 3.62. The highest BCUT2D eigenvalue weighted by Crippen LogP contribution is 2.16. The van der Waals surface area contributed by atoms with E-state index >= 15 is 0 Å². The van der Waals surface area contributed by atoms with Gasteiger partial charge in [-0.25, -0.2) is 9.37 Å². The number of rotatable bonds is 5. The summed E-state index contributed by atoms with van der Waals surface area (Å²) in [6, 6.07) is 16.8. The molecule has 0 radical (unpaired) electrons. The normalized spacial score (nSPS) is 11.4. The maximum Gasteiger partial charge on any atom is 0.194 e. The van der Waals surface area contributed by atoms with Gasteiger partial charge in [0.25, 0.3) is 0 Å². The van der Waals surface area contributed by atoms with Crippen LogP contribution in [0.2, 0.25) is 0 Å². The van der Waals surface area contributed by atoms with E-state index in [9.17, 15) is 4.39 Å². The Morgan fingerprint density at radius 2 is 1.88 bits per heavy atom. The van der Waals surface area contributed by atoms with Crippen LogP contribution < -0.4 is 5.32 Å². The summed E-state index contributed by atoms with van der Waals surface area (Å²) < 4.78 is 13.7. The minimum Gasteiger partial charge on any atom is -0.352 e. The summed E-state index contributed by atoms with van der Waals surface area (Å²) in [5, 5.41) is 3.18. The first-order valence-corrected chi connectivity index (χ1v) is 8.42. The number of hydrogen-bond acceptors (Lipinski definition) is 2. The van der Waals surface area contributed by atoms with Crippen LogP contribution in [0.25, 0.3) is 11.3 Å². The fraction of sp³-hybridized carbons (Fsp3) is 0.200. The lowest BCUT2D eigenvalue weighted by molar-refractivity contribution is 0.462. The third-order valence-electron chi connectivity index (χ3n) is 4.07. The number of aromatic amines is 1. The topological polar surface area (TPSA) is 56.3 Å². The monoisotopic (exact) mass is 351 g/mol. The van der Waals surface area contributed by atoms with E-state index in [1.807, 2.05) is 54.5 Å². The number of aliphatic imine (C=N–C) groups is 1. The van der Waals surface area contributed by atoms with Gasteiger partial charge in [-0.3, -0.25) is 4.99 Å². The first kappa shape index (κ1) is 17.7. The number of benzene rings is 2. The largest absolute Gasteiger partial charge is 0.352 e. The molecule has 26 heavy (non-hydrogen) atoms. The second-order valence-electron chi connectivity index (χ2n) is 5.96. The van der Waals surface area contributed by atoms with Crippen LogP contribution in [0.15, 0.2) is 65.8 Å². The number of aromatic nitrogens is 2. The summed E-state index contributed by atoms with van der Waals surface area (Å²) in [5.74, 6) is 1.28. The Labute approximate surface area is 152 Å². The maximum atomic E-state index is 13.7. The van der Waals surface area contributed by atoms with Gasteiger partial charge in [-0.15, -0.1) is 0 Å². The highest BCUT2D eigenvalue weighted by molar-refractivity contribution is 5.79. The lowest BCUT2D eigenvalue weighted by atomic mass is 10.2. The van der Waals surface area contributed by atoms with Crippen LogP contribution in [0.3, 0.4) is 0 Å². The lowest BCUT2D eigenvalue weighted by Crippen LogP contribution is -2.38. The van der Waals surface area contributed by atoms with Crippen molar-refractivity contribution >= 4 is 5.96 Å². The second kappa shape index (κ2) is 8.29. The van der Waals surface area contributed by atoms with Gasteiger partial charge in [0.1, 0.15) is 11.6 Å². The summed E-state index contributed by atoms with van der Waals surface area (Å²) in [4.78, 5) is 14.0. The molecule has 0 aliphatic rings. The number of nitrogens with one attached hydrogen (secondary N) is 2. The number of H-pyrrole nitrogens is 1. The minimum atomic E-state index is -0.225. The average Bonchev–Trinajstić information content (AvgIpc) is 3.13. The zero-order chi connectivity index (χ0) is 18.4. The van der Waals surface area contributed by atoms with Crippen LogP contribution in [0.1, 0.15) is 11.4 Å². The van der Waals surface area contributed by atoms with E-state index in [1.54, 1.807) is 19.2 Å². The van der Waals surface area contributed by atoms with Crippen LogP contribution in [0.5, 0.6) is 0 Å². The maximum absolute atomic E-state index is 13.7. The molecular formula is C20H22FN5. The van der Waals surface area contributed by atoms with Crippen LogP contribution >= 0.6 is 0 Å². The number of nitrogens with zero attached hydrogens (tertiary/aromatic N) is 3. The Hall–Kier alpha value is -3.15. The van der Waals surface area contributed by atoms with Crippen molar-refractivity contribution in [2.45, 2.75) is 13.1 Å². The molecule has 1 aromatic heterocycles. The summed E-state index contributed by atoms with van der Waals surface area (Å²) in [6.45, 7) is 0.931. The molecule has 5 nitrogen and oxygen atoms in total. The Balaban J connectivity index is 1.62. The highest BCUT2D eigenvalue weighted by Gasteiger charge is 2.10. The minimum absolute atomic E-state index is 0.225. The summed E-state index contributed by atoms with van der Waals surface area (Å²) in [5.41, 5.74) is 2.67. The van der Waals surface area contributed by atoms with Crippen molar-refractivity contribution in [3.8, 4) is 11.3 Å². The smallest absolute Gasteiger partial charge is 0.194 e. The molecule has 134 valence electrons. The molecule has 0 unspecified atom stereocenters. The molecule has 2 aromatic carbocycles. The van der Waals surface area contributed by atoms with E-state index in [4.69, 9.17) is 0 Å². The standard InChI is InChI=1S/C20H22FN5/c1-22-20(24-12-16-10-6-7-11-17(16)21)26(2)14-19-23-13-18(25-19)15-8-4-3-5-9-15/h3-11,13H,12,14H2,1-2H3,(H,22,24)(H,23,25). The molecule has 3 aromatic rings. The molecule has 0 atom stereocenters. The van der Waals surface area contributed by atoms with Crippen molar-refractivity contribution in [3.63, 3.8) is 0 Å². The summed E-state index contributed by atoms with van der Waals surface area (Å²) >= 11 is 0. The Morgan fingerprint density at radius 3 is 2.62 bits per heavy atom. The molecule has 0 fully saturated rings. The highest BCUT2D eigenvalue weighted by atomic mass is 19.1. The number of hydrogen-bond donors (Lipinski definition) is 2. The van der Waals surface area contributed by atoms with Crippen molar-refractivity contribution in [3.05, 3.63) is 78.0 Å². The SMILES string of the molecule is CN=C(NCc1ccccc1F)N(C)Cc1ncc(-c2ccccc2)[nH]1. The predicted molar refractivity (Wildman–Crippen MR) is 102 cm³/mol. The summed E-state index contributed by atoms with van der Waals surface area (Å²) in [6.07, 6.45) is 1.83. The molecule has 0 amide bonds. The number of halogens is 1. The molecule has 0 aliphatic carbocycles. The van der Waals surface area contributed by atoms with Crippen molar-refractivity contribution in [1.82, 2.24) is 20.2 Å². The van der Waals surface area contributed by atoms with Crippen molar-refractivity contribution in [2.24, 2.45) is 4.99 Å². The van der Waals surface area contributed by atoms with Gasteiger partial charge in [0.2, 0.25) is 0 Å². The molecule has 2 N–H and O–H groups in total. The van der Waals surface area contributed by atoms with Gasteiger partial charge in [-0.1, -0.05) is 48.5 Å². The van der Waals surface area contributed by atoms with E-state index in [1.165, 1.54) is 6.07 Å². The fourth-order valence-electron chi connectivity index (χ4n) is 2.71. The number of imidazole rings is 1. The van der Waals surface area contributed by atoms with Crippen molar-refractivity contribution in [2.75, 3.05) is 14.1 Å². The van der Waals surface area contributed by atoms with Gasteiger partial charge in [-0.05, 0) is 11.6 Å². The molecule has 0 aliphatic heterocycles. The Kier molecular flexibility index (Phi) is 5.63. The van der Waals surface area contributed by atoms with E-state index in [0.29, 0.717) is 24.6 Å². The quantitative estimate of drug-likeness (QED) is 0.547. The molecular weight excluding hydrogens is 329 g/mol. The van der Waals surface area contributed by atoms with Crippen LogP contribution in [0.4, 0.5) is 4.39 Å². The first-order chi connectivity index (χ1) is 12.7. The molecule has 0 bridgehead atoms. The van der Waals surface area contributed by atoms with Crippen LogP contribution in [0, 0.1) is 5.82 Å². The number of guanidine groups is 1. The van der Waals surface area contributed by atoms with Crippen molar-refractivity contribution < 1.29 is 4.39 Å². The van der Waals surface area contributed by atoms with Gasteiger partial charge >= 0.3 is 0 Å². The zero-order valence-corrected chi connectivity index (χ0v) is 14.9. The fourth-order valence-corrected chi connectivity index (χ4v) is 2.71. The van der Waals surface area contributed by atoms with E-state index < -0.39 is 0 Å². The van der Waals surface area contributed by atoms with Gasteiger partial charge in [0, 0.05) is 26.2 Å². The van der Waals surface area contributed by atoms with E-state index in [2.05, 4.69) is 20.3 Å². The second-order valence-corrected chi connectivity index (χ2v) is 5.96. The van der Waals surface area contributed by atoms with Crippen molar-refractivity contribution in [1.29, 1.82) is 0 Å². The average molecular weight is 351 g/mol. The first-order valence-electron chi connectivity index (χ1n) is 8.42. The molecule has 0 saturated carbocycles. The molecule has 6 heteroatoms. The molecule has 0 saturated heterocycles. The zero-order valence-electron chi connectivity index (χ0n) is 14.9. The van der Waals surface area contributed by atoms with E-state index in [0.717, 1.165) is 17.1 Å². The van der Waals surface area contributed by atoms with Gasteiger partial charge in [-0.2, -0.15) is 0 Å². The molecule has 0 spiro atoms. The van der Waals surface area contributed by atoms with Crippen LogP contribution in [-0.2, 0) is 13.1 Å². The lowest BCUT2D eigenvalue weighted by Gasteiger charge is -2.21. The third kappa shape index (κ3) is 4.27.